The van der Waals surface area contributed by atoms with Crippen LogP contribution >= 0.6 is 0 Å². The summed E-state index contributed by atoms with van der Waals surface area (Å²) in [5.41, 5.74) is -0.0221. The Morgan fingerprint density at radius 2 is 2.06 bits per heavy atom. The summed E-state index contributed by atoms with van der Waals surface area (Å²) in [5, 5.41) is 0. The molecule has 0 saturated carbocycles. The van der Waals surface area contributed by atoms with Crippen LogP contribution in [-0.4, -0.2) is 18.7 Å². The van der Waals surface area contributed by atoms with Gasteiger partial charge in [0.1, 0.15) is 11.5 Å². The number of carbonyl (C=O) groups excluding carboxylic acids is 1. The Labute approximate surface area is 104 Å². The molecule has 3 heteroatoms. The van der Waals surface area contributed by atoms with Gasteiger partial charge >= 0.3 is 0 Å². The van der Waals surface area contributed by atoms with Crippen molar-refractivity contribution in [3.8, 4) is 0 Å². The first kappa shape index (κ1) is 14.2. The van der Waals surface area contributed by atoms with Crippen LogP contribution in [0.4, 0.5) is 0 Å². The standard InChI is InChI=1S/C14H24O3/c1-11(15)7-8-12-13(2,3)9-6-10-14(4,16-5)17-12/h8H,6-7,9-10H2,1-5H3/b12-8+. The zero-order chi connectivity index (χ0) is 13.1. The molecule has 1 aliphatic heterocycles. The highest BCUT2D eigenvalue weighted by Gasteiger charge is 2.36. The van der Waals surface area contributed by atoms with E-state index in [9.17, 15) is 4.79 Å². The van der Waals surface area contributed by atoms with Gasteiger partial charge in [-0.05, 0) is 25.8 Å². The quantitative estimate of drug-likeness (QED) is 0.758. The van der Waals surface area contributed by atoms with Crippen LogP contribution in [-0.2, 0) is 14.3 Å². The third kappa shape index (κ3) is 3.84. The molecule has 98 valence electrons. The summed E-state index contributed by atoms with van der Waals surface area (Å²) in [4.78, 5) is 11.1. The van der Waals surface area contributed by atoms with E-state index in [1.807, 2.05) is 13.0 Å². The molecule has 0 aliphatic carbocycles. The van der Waals surface area contributed by atoms with Gasteiger partial charge in [-0.15, -0.1) is 0 Å². The highest BCUT2D eigenvalue weighted by atomic mass is 16.7. The van der Waals surface area contributed by atoms with E-state index in [0.29, 0.717) is 6.42 Å². The van der Waals surface area contributed by atoms with Gasteiger partial charge in [0.25, 0.3) is 0 Å². The summed E-state index contributed by atoms with van der Waals surface area (Å²) < 4.78 is 11.4. The third-order valence-corrected chi connectivity index (χ3v) is 3.43. The van der Waals surface area contributed by atoms with Gasteiger partial charge in [0.15, 0.2) is 0 Å². The van der Waals surface area contributed by atoms with Crippen LogP contribution in [0.5, 0.6) is 0 Å². The van der Waals surface area contributed by atoms with Gasteiger partial charge in [-0.25, -0.2) is 0 Å². The monoisotopic (exact) mass is 240 g/mol. The van der Waals surface area contributed by atoms with Gasteiger partial charge in [0.05, 0.1) is 0 Å². The fourth-order valence-electron chi connectivity index (χ4n) is 2.09. The molecular formula is C14H24O3. The van der Waals surface area contributed by atoms with Crippen molar-refractivity contribution in [2.24, 2.45) is 5.41 Å². The second kappa shape index (κ2) is 5.21. The van der Waals surface area contributed by atoms with E-state index in [1.54, 1.807) is 14.0 Å². The van der Waals surface area contributed by atoms with Crippen LogP contribution in [0, 0.1) is 5.41 Å². The number of allylic oxidation sites excluding steroid dienone is 2. The van der Waals surface area contributed by atoms with Crippen molar-refractivity contribution in [2.45, 2.75) is 59.2 Å². The third-order valence-electron chi connectivity index (χ3n) is 3.43. The summed E-state index contributed by atoms with van der Waals surface area (Å²) in [6.07, 6.45) is 5.33. The van der Waals surface area contributed by atoms with Crippen LogP contribution in [0.25, 0.3) is 0 Å². The molecule has 0 aromatic carbocycles. The largest absolute Gasteiger partial charge is 0.467 e. The van der Waals surface area contributed by atoms with Crippen LogP contribution in [0.3, 0.4) is 0 Å². The van der Waals surface area contributed by atoms with Crippen LogP contribution in [0.1, 0.15) is 53.4 Å². The van der Waals surface area contributed by atoms with Gasteiger partial charge in [-0.2, -0.15) is 0 Å². The Bertz CT molecular complexity index is 317. The van der Waals surface area contributed by atoms with Crippen LogP contribution in [0.2, 0.25) is 0 Å². The zero-order valence-electron chi connectivity index (χ0n) is 11.6. The molecule has 0 spiro atoms. The molecule has 1 heterocycles. The molecular weight excluding hydrogens is 216 g/mol. The van der Waals surface area contributed by atoms with E-state index < -0.39 is 5.79 Å². The minimum atomic E-state index is -0.559. The molecule has 0 aromatic heterocycles. The Balaban J connectivity index is 2.93. The van der Waals surface area contributed by atoms with Gasteiger partial charge in [0.2, 0.25) is 5.79 Å². The average Bonchev–Trinajstić information content (AvgIpc) is 2.33. The molecule has 0 aromatic rings. The molecule has 17 heavy (non-hydrogen) atoms. The number of hydrogen-bond donors (Lipinski definition) is 0. The number of Topliss-reactive ketones (excluding diaryl/α,β-unsaturated/α-hetero) is 1. The second-order valence-electron chi connectivity index (χ2n) is 5.65. The van der Waals surface area contributed by atoms with Crippen molar-refractivity contribution in [2.75, 3.05) is 7.11 Å². The first-order chi connectivity index (χ1) is 7.79. The van der Waals surface area contributed by atoms with Gasteiger partial charge in [0, 0.05) is 32.3 Å². The van der Waals surface area contributed by atoms with Crippen molar-refractivity contribution in [3.05, 3.63) is 11.8 Å². The lowest BCUT2D eigenvalue weighted by atomic mass is 9.85. The van der Waals surface area contributed by atoms with E-state index in [0.717, 1.165) is 25.0 Å². The summed E-state index contributed by atoms with van der Waals surface area (Å²) >= 11 is 0. The van der Waals surface area contributed by atoms with E-state index in [1.165, 1.54) is 0 Å². The maximum atomic E-state index is 11.1. The zero-order valence-corrected chi connectivity index (χ0v) is 11.6. The van der Waals surface area contributed by atoms with Gasteiger partial charge in [-0.3, -0.25) is 4.79 Å². The number of rotatable bonds is 3. The van der Waals surface area contributed by atoms with Gasteiger partial charge in [-0.1, -0.05) is 13.8 Å². The number of ether oxygens (including phenoxy) is 2. The van der Waals surface area contributed by atoms with Crippen molar-refractivity contribution in [1.82, 2.24) is 0 Å². The molecule has 0 radical (unpaired) electrons. The molecule has 1 unspecified atom stereocenters. The maximum absolute atomic E-state index is 11.1. The van der Waals surface area contributed by atoms with Crippen molar-refractivity contribution >= 4 is 5.78 Å². The molecule has 3 nitrogen and oxygen atoms in total. The average molecular weight is 240 g/mol. The predicted octanol–water partition coefficient (Wildman–Crippen LogP) is 3.44. The smallest absolute Gasteiger partial charge is 0.206 e. The van der Waals surface area contributed by atoms with Crippen LogP contribution in [0.15, 0.2) is 11.8 Å². The molecule has 0 bridgehead atoms. The van der Waals surface area contributed by atoms with E-state index in [-0.39, 0.29) is 11.2 Å². The molecule has 0 N–H and O–H groups in total. The molecule has 0 amide bonds. The first-order valence-corrected chi connectivity index (χ1v) is 6.23. The van der Waals surface area contributed by atoms with Crippen molar-refractivity contribution in [1.29, 1.82) is 0 Å². The fourth-order valence-corrected chi connectivity index (χ4v) is 2.09. The molecule has 1 fully saturated rings. The first-order valence-electron chi connectivity index (χ1n) is 6.23. The number of methoxy groups -OCH3 is 1. The topological polar surface area (TPSA) is 35.5 Å². The Kier molecular flexibility index (Phi) is 4.36. The van der Waals surface area contributed by atoms with Crippen LogP contribution < -0.4 is 0 Å². The lowest BCUT2D eigenvalue weighted by Crippen LogP contribution is -2.31. The molecule has 1 aliphatic rings. The molecule has 1 atom stereocenters. The minimum Gasteiger partial charge on any atom is -0.467 e. The number of hydrogen-bond acceptors (Lipinski definition) is 3. The highest BCUT2D eigenvalue weighted by Crippen LogP contribution is 2.41. The normalized spacial score (nSPS) is 30.8. The Morgan fingerprint density at radius 3 is 2.59 bits per heavy atom. The fraction of sp³-hybridized carbons (Fsp3) is 0.786. The molecule has 1 saturated heterocycles. The van der Waals surface area contributed by atoms with Crippen molar-refractivity contribution in [3.63, 3.8) is 0 Å². The molecule has 1 rings (SSSR count). The summed E-state index contributed by atoms with van der Waals surface area (Å²) in [5.74, 6) is 0.478. The van der Waals surface area contributed by atoms with E-state index >= 15 is 0 Å². The summed E-state index contributed by atoms with van der Waals surface area (Å²) in [6, 6.07) is 0. The Morgan fingerprint density at radius 1 is 1.41 bits per heavy atom. The maximum Gasteiger partial charge on any atom is 0.206 e. The predicted molar refractivity (Wildman–Crippen MR) is 67.5 cm³/mol. The van der Waals surface area contributed by atoms with Crippen molar-refractivity contribution < 1.29 is 14.3 Å². The lowest BCUT2D eigenvalue weighted by Gasteiger charge is -2.32. The summed E-state index contributed by atoms with van der Waals surface area (Å²) in [7, 11) is 1.67. The number of carbonyl (C=O) groups is 1. The number of ketones is 1. The van der Waals surface area contributed by atoms with Gasteiger partial charge < -0.3 is 9.47 Å². The Hall–Kier alpha value is -0.830. The summed E-state index contributed by atoms with van der Waals surface area (Å²) in [6.45, 7) is 7.85. The lowest BCUT2D eigenvalue weighted by molar-refractivity contribution is -0.191. The van der Waals surface area contributed by atoms with E-state index in [2.05, 4.69) is 13.8 Å². The van der Waals surface area contributed by atoms with E-state index in [4.69, 9.17) is 9.47 Å². The minimum absolute atomic E-state index is 0.0221. The second-order valence-corrected chi connectivity index (χ2v) is 5.65. The SMILES string of the molecule is COC1(C)CCCC(C)(C)/C(=C\CC(C)=O)O1. The highest BCUT2D eigenvalue weighted by molar-refractivity contribution is 5.77.